The van der Waals surface area contributed by atoms with Gasteiger partial charge in [0.15, 0.2) is 0 Å². The van der Waals surface area contributed by atoms with E-state index in [0.29, 0.717) is 23.9 Å². The summed E-state index contributed by atoms with van der Waals surface area (Å²) in [7, 11) is 0. The number of urea groups is 1. The SMILES string of the molecule is Cc1nnc(NC(=O)N(CC(=O)O)CC2CC2)nc1C. The fourth-order valence-electron chi connectivity index (χ4n) is 1.68. The average molecular weight is 279 g/mol. The van der Waals surface area contributed by atoms with E-state index in [9.17, 15) is 9.59 Å². The van der Waals surface area contributed by atoms with Gasteiger partial charge in [-0.15, -0.1) is 5.10 Å². The normalized spacial score (nSPS) is 13.9. The van der Waals surface area contributed by atoms with Crippen LogP contribution in [0.5, 0.6) is 0 Å². The molecule has 8 heteroatoms. The minimum atomic E-state index is -1.04. The molecule has 2 amide bonds. The Labute approximate surface area is 116 Å². The van der Waals surface area contributed by atoms with Gasteiger partial charge in [0, 0.05) is 6.54 Å². The number of aliphatic carboxylic acids is 1. The van der Waals surface area contributed by atoms with E-state index in [1.165, 1.54) is 4.90 Å². The Morgan fingerprint density at radius 2 is 2.00 bits per heavy atom. The maximum absolute atomic E-state index is 12.1. The summed E-state index contributed by atoms with van der Waals surface area (Å²) in [4.78, 5) is 28.2. The van der Waals surface area contributed by atoms with E-state index < -0.39 is 12.0 Å². The Morgan fingerprint density at radius 1 is 1.30 bits per heavy atom. The number of carbonyl (C=O) groups is 2. The van der Waals surface area contributed by atoms with Crippen LogP contribution < -0.4 is 5.32 Å². The van der Waals surface area contributed by atoms with Gasteiger partial charge in [0.1, 0.15) is 6.54 Å². The van der Waals surface area contributed by atoms with Crippen LogP contribution in [0, 0.1) is 19.8 Å². The van der Waals surface area contributed by atoms with Crippen LogP contribution in [0.25, 0.3) is 0 Å². The third-order valence-electron chi connectivity index (χ3n) is 3.10. The van der Waals surface area contributed by atoms with Crippen LogP contribution in [0.4, 0.5) is 10.7 Å². The summed E-state index contributed by atoms with van der Waals surface area (Å²) in [6.07, 6.45) is 2.07. The van der Waals surface area contributed by atoms with E-state index in [4.69, 9.17) is 5.11 Å². The zero-order chi connectivity index (χ0) is 14.7. The molecule has 2 rings (SSSR count). The summed E-state index contributed by atoms with van der Waals surface area (Å²) in [5.74, 6) is -0.553. The van der Waals surface area contributed by atoms with Gasteiger partial charge < -0.3 is 10.0 Å². The molecule has 0 bridgehead atoms. The summed E-state index contributed by atoms with van der Waals surface area (Å²) in [5.41, 5.74) is 1.35. The lowest BCUT2D eigenvalue weighted by Crippen LogP contribution is -2.40. The van der Waals surface area contributed by atoms with Crippen LogP contribution in [-0.4, -0.2) is 50.3 Å². The number of hydrogen-bond donors (Lipinski definition) is 2. The number of carboxylic acid groups (broad SMARTS) is 1. The minimum absolute atomic E-state index is 0.0873. The molecule has 0 spiro atoms. The summed E-state index contributed by atoms with van der Waals surface area (Å²) in [6, 6.07) is -0.510. The third kappa shape index (κ3) is 3.87. The molecule has 0 radical (unpaired) electrons. The lowest BCUT2D eigenvalue weighted by Gasteiger charge is -2.20. The first kappa shape index (κ1) is 14.2. The molecular weight excluding hydrogens is 262 g/mol. The largest absolute Gasteiger partial charge is 0.480 e. The van der Waals surface area contributed by atoms with E-state index in [1.807, 2.05) is 0 Å². The highest BCUT2D eigenvalue weighted by Crippen LogP contribution is 2.29. The standard InChI is InChI=1S/C12H17N5O3/c1-7-8(2)15-16-11(13-7)14-12(20)17(6-10(18)19)5-9-3-4-9/h9H,3-6H2,1-2H3,(H,18,19)(H,13,14,16,20). The van der Waals surface area contributed by atoms with Crippen LogP contribution in [0.15, 0.2) is 0 Å². The van der Waals surface area contributed by atoms with E-state index in [0.717, 1.165) is 12.8 Å². The molecule has 1 aromatic heterocycles. The molecule has 0 unspecified atom stereocenters. The molecule has 1 fully saturated rings. The molecule has 0 aliphatic heterocycles. The number of nitrogens with one attached hydrogen (secondary N) is 1. The first-order valence-corrected chi connectivity index (χ1v) is 6.41. The fraction of sp³-hybridized carbons (Fsp3) is 0.583. The summed E-state index contributed by atoms with van der Waals surface area (Å²) in [6.45, 7) is 3.64. The van der Waals surface area contributed by atoms with E-state index in [-0.39, 0.29) is 12.5 Å². The number of anilines is 1. The van der Waals surface area contributed by atoms with E-state index in [2.05, 4.69) is 20.5 Å². The second kappa shape index (κ2) is 5.81. The molecule has 108 valence electrons. The highest BCUT2D eigenvalue weighted by Gasteiger charge is 2.28. The maximum atomic E-state index is 12.1. The number of aryl methyl sites for hydroxylation is 2. The van der Waals surface area contributed by atoms with Gasteiger partial charge >= 0.3 is 12.0 Å². The van der Waals surface area contributed by atoms with Crippen LogP contribution >= 0.6 is 0 Å². The Balaban J connectivity index is 2.02. The van der Waals surface area contributed by atoms with Gasteiger partial charge in [0.25, 0.3) is 5.95 Å². The zero-order valence-corrected chi connectivity index (χ0v) is 11.5. The molecule has 20 heavy (non-hydrogen) atoms. The topological polar surface area (TPSA) is 108 Å². The average Bonchev–Trinajstić information content (AvgIpc) is 3.16. The van der Waals surface area contributed by atoms with Crippen LogP contribution in [-0.2, 0) is 4.79 Å². The van der Waals surface area contributed by atoms with Crippen molar-refractivity contribution in [1.29, 1.82) is 0 Å². The molecule has 1 aliphatic rings. The van der Waals surface area contributed by atoms with Crippen molar-refractivity contribution in [2.45, 2.75) is 26.7 Å². The number of rotatable bonds is 5. The number of carboxylic acids is 1. The Morgan fingerprint density at radius 3 is 2.55 bits per heavy atom. The van der Waals surface area contributed by atoms with Crippen molar-refractivity contribution in [3.63, 3.8) is 0 Å². The van der Waals surface area contributed by atoms with Gasteiger partial charge in [-0.3, -0.25) is 10.1 Å². The fourth-order valence-corrected chi connectivity index (χ4v) is 1.68. The minimum Gasteiger partial charge on any atom is -0.480 e. The second-order valence-corrected chi connectivity index (χ2v) is 4.95. The van der Waals surface area contributed by atoms with Crippen LogP contribution in [0.3, 0.4) is 0 Å². The predicted molar refractivity (Wildman–Crippen MR) is 70.3 cm³/mol. The van der Waals surface area contributed by atoms with Crippen molar-refractivity contribution in [2.75, 3.05) is 18.4 Å². The summed E-state index contributed by atoms with van der Waals surface area (Å²) in [5, 5.41) is 19.0. The van der Waals surface area contributed by atoms with Gasteiger partial charge in [0.2, 0.25) is 0 Å². The van der Waals surface area contributed by atoms with Crippen molar-refractivity contribution < 1.29 is 14.7 Å². The number of aromatic nitrogens is 3. The summed E-state index contributed by atoms with van der Waals surface area (Å²) < 4.78 is 0. The molecule has 1 heterocycles. The third-order valence-corrected chi connectivity index (χ3v) is 3.10. The Hall–Kier alpha value is -2.25. The maximum Gasteiger partial charge on any atom is 0.324 e. The van der Waals surface area contributed by atoms with Gasteiger partial charge in [-0.05, 0) is 32.6 Å². The van der Waals surface area contributed by atoms with Gasteiger partial charge in [-0.1, -0.05) is 0 Å². The van der Waals surface area contributed by atoms with E-state index >= 15 is 0 Å². The van der Waals surface area contributed by atoms with Gasteiger partial charge in [-0.25, -0.2) is 9.78 Å². The molecule has 0 saturated heterocycles. The number of carbonyl (C=O) groups excluding carboxylic acids is 1. The van der Waals surface area contributed by atoms with Crippen molar-refractivity contribution in [3.8, 4) is 0 Å². The highest BCUT2D eigenvalue weighted by molar-refractivity contribution is 5.89. The van der Waals surface area contributed by atoms with Crippen molar-refractivity contribution in [3.05, 3.63) is 11.4 Å². The molecule has 1 aliphatic carbocycles. The molecule has 1 aromatic rings. The van der Waals surface area contributed by atoms with Crippen molar-refractivity contribution >= 4 is 17.9 Å². The van der Waals surface area contributed by atoms with Gasteiger partial charge in [0.05, 0.1) is 11.4 Å². The molecule has 1 saturated carbocycles. The monoisotopic (exact) mass is 279 g/mol. The molecule has 2 N–H and O–H groups in total. The zero-order valence-electron chi connectivity index (χ0n) is 11.5. The Bertz CT molecular complexity index is 530. The molecule has 0 aromatic carbocycles. The lowest BCUT2D eigenvalue weighted by molar-refractivity contribution is -0.137. The number of amides is 2. The molecular formula is C12H17N5O3. The lowest BCUT2D eigenvalue weighted by atomic mass is 10.3. The first-order chi connectivity index (χ1) is 9.45. The number of nitrogens with zero attached hydrogens (tertiary/aromatic N) is 4. The highest BCUT2D eigenvalue weighted by atomic mass is 16.4. The van der Waals surface area contributed by atoms with E-state index in [1.54, 1.807) is 13.8 Å². The van der Waals surface area contributed by atoms with Crippen LogP contribution in [0.1, 0.15) is 24.2 Å². The first-order valence-electron chi connectivity index (χ1n) is 6.41. The smallest absolute Gasteiger partial charge is 0.324 e. The van der Waals surface area contributed by atoms with Crippen molar-refractivity contribution in [1.82, 2.24) is 20.1 Å². The van der Waals surface area contributed by atoms with Crippen LogP contribution in [0.2, 0.25) is 0 Å². The molecule has 0 atom stereocenters. The molecule has 8 nitrogen and oxygen atoms in total. The second-order valence-electron chi connectivity index (χ2n) is 4.95. The van der Waals surface area contributed by atoms with Gasteiger partial charge in [-0.2, -0.15) is 5.10 Å². The predicted octanol–water partition coefficient (Wildman–Crippen LogP) is 0.817. The summed E-state index contributed by atoms with van der Waals surface area (Å²) >= 11 is 0. The van der Waals surface area contributed by atoms with Crippen molar-refractivity contribution in [2.24, 2.45) is 5.92 Å². The number of hydrogen-bond acceptors (Lipinski definition) is 5. The quantitative estimate of drug-likeness (QED) is 0.826. The Kier molecular flexibility index (Phi) is 4.11.